The summed E-state index contributed by atoms with van der Waals surface area (Å²) in [5, 5.41) is 11.4. The van der Waals surface area contributed by atoms with Gasteiger partial charge in [-0.3, -0.25) is 4.98 Å². The van der Waals surface area contributed by atoms with Crippen molar-refractivity contribution in [1.29, 1.82) is 0 Å². The molecule has 0 aliphatic heterocycles. The van der Waals surface area contributed by atoms with Crippen molar-refractivity contribution in [3.05, 3.63) is 54.7 Å². The molecule has 0 amide bonds. The molecule has 1 aromatic heterocycles. The first-order chi connectivity index (χ1) is 9.33. The summed E-state index contributed by atoms with van der Waals surface area (Å²) in [6.45, 7) is 3.72. The summed E-state index contributed by atoms with van der Waals surface area (Å²) in [6, 6.07) is 9.90. The molecule has 0 aliphatic rings. The Morgan fingerprint density at radius 3 is 2.84 bits per heavy atom. The molecule has 0 saturated heterocycles. The molecule has 1 atom stereocenters. The first kappa shape index (κ1) is 13.8. The molecule has 0 spiro atoms. The van der Waals surface area contributed by atoms with Gasteiger partial charge in [0, 0.05) is 11.6 Å². The summed E-state index contributed by atoms with van der Waals surface area (Å²) in [5.74, 6) is 0. The van der Waals surface area contributed by atoms with E-state index in [9.17, 15) is 5.11 Å². The van der Waals surface area contributed by atoms with E-state index in [0.29, 0.717) is 0 Å². The van der Waals surface area contributed by atoms with Gasteiger partial charge in [-0.05, 0) is 37.0 Å². The van der Waals surface area contributed by atoms with Crippen molar-refractivity contribution >= 4 is 10.9 Å². The minimum atomic E-state index is -0.392. The molecule has 2 aromatic rings. The quantitative estimate of drug-likeness (QED) is 0.587. The van der Waals surface area contributed by atoms with Crippen molar-refractivity contribution in [2.45, 2.75) is 38.2 Å². The molecule has 19 heavy (non-hydrogen) atoms. The number of aromatic nitrogens is 1. The number of unbranched alkanes of at least 4 members (excludes halogenated alkanes) is 3. The van der Waals surface area contributed by atoms with Crippen LogP contribution in [0, 0.1) is 0 Å². The second-order valence-electron chi connectivity index (χ2n) is 4.86. The Labute approximate surface area is 114 Å². The first-order valence-corrected chi connectivity index (χ1v) is 6.95. The van der Waals surface area contributed by atoms with E-state index in [1.807, 2.05) is 36.4 Å². The normalized spacial score (nSPS) is 12.5. The van der Waals surface area contributed by atoms with Gasteiger partial charge in [-0.15, -0.1) is 6.58 Å². The third kappa shape index (κ3) is 3.65. The van der Waals surface area contributed by atoms with Crippen LogP contribution in [0.2, 0.25) is 0 Å². The summed E-state index contributed by atoms with van der Waals surface area (Å²) in [4.78, 5) is 4.32. The predicted octanol–water partition coefficient (Wildman–Crippen LogP) is 4.40. The van der Waals surface area contributed by atoms with Crippen molar-refractivity contribution < 1.29 is 5.11 Å². The van der Waals surface area contributed by atoms with Gasteiger partial charge in [-0.1, -0.05) is 37.1 Å². The van der Waals surface area contributed by atoms with Crippen LogP contribution < -0.4 is 0 Å². The molecule has 1 N–H and O–H groups in total. The third-order valence-corrected chi connectivity index (χ3v) is 3.43. The molecule has 0 radical (unpaired) electrons. The fourth-order valence-corrected chi connectivity index (χ4v) is 2.37. The maximum Gasteiger partial charge on any atom is 0.0797 e. The lowest BCUT2D eigenvalue weighted by atomic mass is 9.99. The van der Waals surface area contributed by atoms with Crippen molar-refractivity contribution in [2.75, 3.05) is 0 Å². The van der Waals surface area contributed by atoms with Gasteiger partial charge in [0.05, 0.1) is 11.6 Å². The van der Waals surface area contributed by atoms with Crippen molar-refractivity contribution in [1.82, 2.24) is 4.98 Å². The number of fused-ring (bicyclic) bond motifs is 1. The summed E-state index contributed by atoms with van der Waals surface area (Å²) >= 11 is 0. The summed E-state index contributed by atoms with van der Waals surface area (Å²) in [7, 11) is 0. The van der Waals surface area contributed by atoms with Gasteiger partial charge in [-0.25, -0.2) is 0 Å². The minimum absolute atomic E-state index is 0.392. The Hall–Kier alpha value is -1.67. The van der Waals surface area contributed by atoms with Gasteiger partial charge in [0.2, 0.25) is 0 Å². The van der Waals surface area contributed by atoms with Gasteiger partial charge in [0.1, 0.15) is 0 Å². The second-order valence-corrected chi connectivity index (χ2v) is 4.86. The SMILES string of the molecule is C=CCCCCCC(O)c1ccnc2ccccc12. The Kier molecular flexibility index (Phi) is 5.10. The summed E-state index contributed by atoms with van der Waals surface area (Å²) in [6.07, 6.45) is 8.56. The number of rotatable bonds is 7. The zero-order valence-electron chi connectivity index (χ0n) is 11.3. The first-order valence-electron chi connectivity index (χ1n) is 6.95. The fourth-order valence-electron chi connectivity index (χ4n) is 2.37. The Morgan fingerprint density at radius 2 is 2.00 bits per heavy atom. The number of para-hydroxylation sites is 1. The van der Waals surface area contributed by atoms with Crippen LogP contribution in [0.25, 0.3) is 10.9 Å². The average Bonchev–Trinajstić information content (AvgIpc) is 2.46. The van der Waals surface area contributed by atoms with Crippen LogP contribution in [0.15, 0.2) is 49.2 Å². The monoisotopic (exact) mass is 255 g/mol. The Morgan fingerprint density at radius 1 is 1.16 bits per heavy atom. The predicted molar refractivity (Wildman–Crippen MR) is 80.0 cm³/mol. The number of benzene rings is 1. The summed E-state index contributed by atoms with van der Waals surface area (Å²) < 4.78 is 0. The molecule has 0 bridgehead atoms. The molecule has 1 unspecified atom stereocenters. The molecular weight excluding hydrogens is 234 g/mol. The average molecular weight is 255 g/mol. The van der Waals surface area contributed by atoms with Gasteiger partial charge >= 0.3 is 0 Å². The van der Waals surface area contributed by atoms with Crippen molar-refractivity contribution in [2.24, 2.45) is 0 Å². The molecule has 2 rings (SSSR count). The number of allylic oxidation sites excluding steroid dienone is 1. The topological polar surface area (TPSA) is 33.1 Å². The van der Waals surface area contributed by atoms with Crippen LogP contribution in [0.4, 0.5) is 0 Å². The molecule has 1 aromatic carbocycles. The van der Waals surface area contributed by atoms with E-state index in [1.165, 1.54) is 0 Å². The van der Waals surface area contributed by atoms with Gasteiger partial charge < -0.3 is 5.11 Å². The lowest BCUT2D eigenvalue weighted by Crippen LogP contribution is -1.99. The second kappa shape index (κ2) is 7.05. The van der Waals surface area contributed by atoms with Crippen LogP contribution in [0.1, 0.15) is 43.8 Å². The van der Waals surface area contributed by atoms with E-state index < -0.39 is 6.10 Å². The molecule has 0 fully saturated rings. The van der Waals surface area contributed by atoms with E-state index in [1.54, 1.807) is 6.20 Å². The zero-order valence-corrected chi connectivity index (χ0v) is 11.3. The number of aliphatic hydroxyl groups is 1. The highest BCUT2D eigenvalue weighted by Gasteiger charge is 2.10. The number of pyridine rings is 1. The molecule has 0 saturated carbocycles. The van der Waals surface area contributed by atoms with Crippen LogP contribution >= 0.6 is 0 Å². The van der Waals surface area contributed by atoms with Crippen LogP contribution in [-0.4, -0.2) is 10.1 Å². The molecular formula is C17H21NO. The minimum Gasteiger partial charge on any atom is -0.388 e. The zero-order chi connectivity index (χ0) is 13.5. The molecule has 0 aliphatic carbocycles. The van der Waals surface area contributed by atoms with E-state index >= 15 is 0 Å². The lowest BCUT2D eigenvalue weighted by Gasteiger charge is -2.13. The van der Waals surface area contributed by atoms with Gasteiger partial charge in [0.15, 0.2) is 0 Å². The Balaban J connectivity index is 2.01. The van der Waals surface area contributed by atoms with Crippen LogP contribution in [0.5, 0.6) is 0 Å². The van der Waals surface area contributed by atoms with Crippen molar-refractivity contribution in [3.63, 3.8) is 0 Å². The third-order valence-electron chi connectivity index (χ3n) is 3.43. The van der Waals surface area contributed by atoms with Crippen LogP contribution in [0.3, 0.4) is 0 Å². The highest BCUT2D eigenvalue weighted by molar-refractivity contribution is 5.82. The number of nitrogens with zero attached hydrogens (tertiary/aromatic N) is 1. The Bertz CT molecular complexity index is 530. The number of hydrogen-bond acceptors (Lipinski definition) is 2. The van der Waals surface area contributed by atoms with Gasteiger partial charge in [-0.2, -0.15) is 0 Å². The van der Waals surface area contributed by atoms with E-state index in [-0.39, 0.29) is 0 Å². The highest BCUT2D eigenvalue weighted by Crippen LogP contribution is 2.26. The number of hydrogen-bond donors (Lipinski definition) is 1. The standard InChI is InChI=1S/C17H21NO/c1-2-3-4-5-6-11-17(19)15-12-13-18-16-10-8-7-9-14(15)16/h2,7-10,12-13,17,19H,1,3-6,11H2. The van der Waals surface area contributed by atoms with Gasteiger partial charge in [0.25, 0.3) is 0 Å². The maximum atomic E-state index is 10.3. The largest absolute Gasteiger partial charge is 0.388 e. The highest BCUT2D eigenvalue weighted by atomic mass is 16.3. The molecule has 1 heterocycles. The number of aliphatic hydroxyl groups excluding tert-OH is 1. The molecule has 2 nitrogen and oxygen atoms in total. The smallest absolute Gasteiger partial charge is 0.0797 e. The molecule has 100 valence electrons. The van der Waals surface area contributed by atoms with E-state index in [4.69, 9.17) is 0 Å². The summed E-state index contributed by atoms with van der Waals surface area (Å²) in [5.41, 5.74) is 1.94. The fraction of sp³-hybridized carbons (Fsp3) is 0.353. The molecule has 2 heteroatoms. The van der Waals surface area contributed by atoms with Crippen molar-refractivity contribution in [3.8, 4) is 0 Å². The van der Waals surface area contributed by atoms with E-state index in [0.717, 1.165) is 48.6 Å². The van der Waals surface area contributed by atoms with E-state index in [2.05, 4.69) is 11.6 Å². The van der Waals surface area contributed by atoms with Crippen LogP contribution in [-0.2, 0) is 0 Å². The lowest BCUT2D eigenvalue weighted by molar-refractivity contribution is 0.165. The maximum absolute atomic E-state index is 10.3.